The molecule has 2 bridgehead atoms. The number of nitrogens with one attached hydrogen (secondary N) is 1. The molecule has 3 aliphatic rings. The van der Waals surface area contributed by atoms with Crippen molar-refractivity contribution in [3.63, 3.8) is 0 Å². The molecular weight excluding hydrogens is 378 g/mol. The minimum atomic E-state index is -1.26. The van der Waals surface area contributed by atoms with Crippen molar-refractivity contribution in [1.29, 1.82) is 0 Å². The summed E-state index contributed by atoms with van der Waals surface area (Å²) in [7, 11) is 0. The van der Waals surface area contributed by atoms with Gasteiger partial charge in [-0.05, 0) is 50.4 Å². The smallest absolute Gasteiger partial charge is 0.328 e. The van der Waals surface area contributed by atoms with E-state index in [0.717, 1.165) is 24.3 Å². The molecule has 0 radical (unpaired) electrons. The van der Waals surface area contributed by atoms with Crippen LogP contribution in [-0.2, 0) is 9.59 Å². The largest absolute Gasteiger partial charge is 0.478 e. The number of aliphatic carboxylic acids is 2. The van der Waals surface area contributed by atoms with Crippen LogP contribution in [0.25, 0.3) is 11.0 Å². The van der Waals surface area contributed by atoms with E-state index >= 15 is 0 Å². The van der Waals surface area contributed by atoms with Crippen molar-refractivity contribution in [3.8, 4) is 0 Å². The lowest BCUT2D eigenvalue weighted by molar-refractivity contribution is -0.134. The van der Waals surface area contributed by atoms with Gasteiger partial charge in [0.2, 0.25) is 0 Å². The van der Waals surface area contributed by atoms with E-state index in [1.165, 1.54) is 25.9 Å². The maximum Gasteiger partial charge on any atom is 0.328 e. The third-order valence-corrected chi connectivity index (χ3v) is 5.08. The highest BCUT2D eigenvalue weighted by Crippen LogP contribution is 2.26. The first-order valence-corrected chi connectivity index (χ1v) is 9.41. The van der Waals surface area contributed by atoms with Gasteiger partial charge in [0, 0.05) is 30.1 Å². The van der Waals surface area contributed by atoms with E-state index < -0.39 is 11.9 Å². The molecule has 3 aliphatic heterocycles. The molecule has 9 nitrogen and oxygen atoms in total. The summed E-state index contributed by atoms with van der Waals surface area (Å²) in [5.41, 5.74) is 1.18. The number of amides is 1. The Bertz CT molecular complexity index is 884. The fraction of sp³-hybridized carbons (Fsp3) is 0.400. The van der Waals surface area contributed by atoms with Gasteiger partial charge in [-0.2, -0.15) is 0 Å². The Morgan fingerprint density at radius 2 is 1.86 bits per heavy atom. The molecule has 3 N–H and O–H groups in total. The zero-order valence-electron chi connectivity index (χ0n) is 15.8. The van der Waals surface area contributed by atoms with E-state index in [4.69, 9.17) is 14.6 Å². The first-order chi connectivity index (χ1) is 13.9. The maximum absolute atomic E-state index is 12.4. The quantitative estimate of drug-likeness (QED) is 0.660. The number of fused-ring (bicyclic) bond motifs is 5. The summed E-state index contributed by atoms with van der Waals surface area (Å²) in [5, 5.41) is 19.7. The van der Waals surface area contributed by atoms with Gasteiger partial charge in [0.25, 0.3) is 5.91 Å². The highest BCUT2D eigenvalue weighted by atomic mass is 16.4. The second-order valence-electron chi connectivity index (χ2n) is 7.19. The van der Waals surface area contributed by atoms with Crippen molar-refractivity contribution in [2.24, 2.45) is 5.92 Å². The van der Waals surface area contributed by atoms with Crippen molar-refractivity contribution in [2.45, 2.75) is 25.3 Å². The molecule has 1 atom stereocenters. The molecule has 0 saturated carbocycles. The third-order valence-electron chi connectivity index (χ3n) is 5.08. The highest BCUT2D eigenvalue weighted by Gasteiger charge is 2.30. The number of carbonyl (C=O) groups excluding carboxylic acids is 1. The van der Waals surface area contributed by atoms with Gasteiger partial charge in [0.15, 0.2) is 5.58 Å². The van der Waals surface area contributed by atoms with Crippen LogP contribution in [0.15, 0.2) is 41.2 Å². The van der Waals surface area contributed by atoms with Crippen LogP contribution in [0.1, 0.15) is 29.8 Å². The fourth-order valence-electron chi connectivity index (χ4n) is 3.69. The van der Waals surface area contributed by atoms with Crippen molar-refractivity contribution in [2.75, 3.05) is 19.6 Å². The molecule has 29 heavy (non-hydrogen) atoms. The number of rotatable bonds is 4. The van der Waals surface area contributed by atoms with Gasteiger partial charge in [-0.3, -0.25) is 4.79 Å². The molecule has 154 valence electrons. The number of hydrogen-bond donors (Lipinski definition) is 3. The first kappa shape index (κ1) is 20.5. The van der Waals surface area contributed by atoms with Gasteiger partial charge in [0.05, 0.1) is 12.5 Å². The molecule has 1 unspecified atom stereocenters. The standard InChI is InChI=1S/C16H19N3O2.C4H4O4/c20-16(14-8-12-3-6-21-15(12)9-17-14)18-13-7-11-1-4-19(10-13)5-2-11;5-3(6)1-2-4(7)8/h3,6,8-9,11,13H,1-2,4-5,7,10H2,(H,18,20);1-2H,(H,5,6)(H,7,8)/b;2-1+. The Kier molecular flexibility index (Phi) is 6.61. The highest BCUT2D eigenvalue weighted by molar-refractivity contribution is 5.95. The maximum atomic E-state index is 12.4. The summed E-state index contributed by atoms with van der Waals surface area (Å²) in [6, 6.07) is 3.89. The predicted molar refractivity (Wildman–Crippen MR) is 103 cm³/mol. The monoisotopic (exact) mass is 401 g/mol. The Labute approximate surface area is 167 Å². The summed E-state index contributed by atoms with van der Waals surface area (Å²) in [6.45, 7) is 3.32. The second-order valence-corrected chi connectivity index (χ2v) is 7.19. The molecular formula is C20H23N3O6. The van der Waals surface area contributed by atoms with E-state index in [9.17, 15) is 14.4 Å². The average Bonchev–Trinajstić information content (AvgIpc) is 2.98. The van der Waals surface area contributed by atoms with Crippen LogP contribution in [0, 0.1) is 5.92 Å². The minimum absolute atomic E-state index is 0.0781. The van der Waals surface area contributed by atoms with Crippen LogP contribution < -0.4 is 5.32 Å². The lowest BCUT2D eigenvalue weighted by Gasteiger charge is -2.26. The zero-order valence-corrected chi connectivity index (χ0v) is 15.8. The summed E-state index contributed by atoms with van der Waals surface area (Å²) in [4.78, 5) is 38.2. The van der Waals surface area contributed by atoms with Gasteiger partial charge in [-0.15, -0.1) is 0 Å². The van der Waals surface area contributed by atoms with Crippen LogP contribution in [0.4, 0.5) is 0 Å². The molecule has 2 aromatic heterocycles. The van der Waals surface area contributed by atoms with Gasteiger partial charge in [-0.1, -0.05) is 0 Å². The number of carbonyl (C=O) groups is 3. The number of hydrogen-bond acceptors (Lipinski definition) is 6. The number of aromatic nitrogens is 1. The van der Waals surface area contributed by atoms with Crippen molar-refractivity contribution in [1.82, 2.24) is 15.2 Å². The van der Waals surface area contributed by atoms with Crippen LogP contribution in [0.2, 0.25) is 0 Å². The van der Waals surface area contributed by atoms with Gasteiger partial charge >= 0.3 is 11.9 Å². The van der Waals surface area contributed by atoms with Crippen LogP contribution in [0.5, 0.6) is 0 Å². The molecule has 0 aliphatic carbocycles. The number of carboxylic acids is 2. The molecule has 0 aromatic carbocycles. The Balaban J connectivity index is 0.000000258. The minimum Gasteiger partial charge on any atom is -0.478 e. The summed E-state index contributed by atoms with van der Waals surface area (Å²) < 4.78 is 5.25. The topological polar surface area (TPSA) is 133 Å². The molecule has 5 rings (SSSR count). The van der Waals surface area contributed by atoms with E-state index in [-0.39, 0.29) is 11.9 Å². The number of nitrogens with zero attached hydrogens (tertiary/aromatic N) is 2. The Hall–Kier alpha value is -3.20. The molecule has 3 saturated heterocycles. The number of pyridine rings is 1. The van der Waals surface area contributed by atoms with E-state index in [1.54, 1.807) is 18.5 Å². The number of furan rings is 1. The lowest BCUT2D eigenvalue weighted by Crippen LogP contribution is -2.42. The predicted octanol–water partition coefficient (Wildman–Crippen LogP) is 1.75. The van der Waals surface area contributed by atoms with Crippen LogP contribution >= 0.6 is 0 Å². The number of carboxylic acid groups (broad SMARTS) is 2. The van der Waals surface area contributed by atoms with Gasteiger partial charge < -0.3 is 24.8 Å². The number of piperidine rings is 1. The normalized spacial score (nSPS) is 23.2. The zero-order chi connectivity index (χ0) is 20.8. The Morgan fingerprint density at radius 1 is 1.17 bits per heavy atom. The molecule has 2 aromatic rings. The third kappa shape index (κ3) is 5.89. The lowest BCUT2D eigenvalue weighted by atomic mass is 9.94. The van der Waals surface area contributed by atoms with Gasteiger partial charge in [0.1, 0.15) is 5.69 Å². The summed E-state index contributed by atoms with van der Waals surface area (Å²) >= 11 is 0. The van der Waals surface area contributed by atoms with E-state index in [2.05, 4.69) is 15.2 Å². The molecule has 5 heterocycles. The van der Waals surface area contributed by atoms with Crippen molar-refractivity contribution in [3.05, 3.63) is 42.4 Å². The van der Waals surface area contributed by atoms with Crippen molar-refractivity contribution >= 4 is 28.8 Å². The summed E-state index contributed by atoms with van der Waals surface area (Å²) in [5.74, 6) is -1.83. The second kappa shape index (κ2) is 9.33. The Morgan fingerprint density at radius 3 is 2.52 bits per heavy atom. The van der Waals surface area contributed by atoms with E-state index in [0.29, 0.717) is 23.4 Å². The molecule has 0 spiro atoms. The molecule has 3 fully saturated rings. The molecule has 9 heteroatoms. The van der Waals surface area contributed by atoms with Crippen LogP contribution in [0.3, 0.4) is 0 Å². The SMILES string of the molecule is O=C(NC1CC2CCN(CC2)C1)c1cc2ccoc2cn1.O=C(O)/C=C/C(=O)O. The fourth-order valence-corrected chi connectivity index (χ4v) is 3.69. The first-order valence-electron chi connectivity index (χ1n) is 9.41. The van der Waals surface area contributed by atoms with Crippen molar-refractivity contribution < 1.29 is 29.0 Å². The molecule has 1 amide bonds. The van der Waals surface area contributed by atoms with Gasteiger partial charge in [-0.25, -0.2) is 14.6 Å². The van der Waals surface area contributed by atoms with E-state index in [1.807, 2.05) is 6.07 Å². The summed E-state index contributed by atoms with van der Waals surface area (Å²) in [6.07, 6.45) is 7.98. The average molecular weight is 401 g/mol. The van der Waals surface area contributed by atoms with Crippen LogP contribution in [-0.4, -0.2) is 63.6 Å².